The summed E-state index contributed by atoms with van der Waals surface area (Å²) in [4.78, 5) is 26.3. The summed E-state index contributed by atoms with van der Waals surface area (Å²) >= 11 is 0. The number of aryl methyl sites for hydroxylation is 2. The molecule has 2 aromatic heterocycles. The van der Waals surface area contributed by atoms with Crippen LogP contribution in [0, 0.1) is 37.1 Å². The number of rotatable bonds is 5. The van der Waals surface area contributed by atoms with E-state index < -0.39 is 46.5 Å². The molecule has 2 aromatic carbocycles. The smallest absolute Gasteiger partial charge is 0.281 e. The molecule has 6 nitrogen and oxygen atoms in total. The van der Waals surface area contributed by atoms with E-state index in [4.69, 9.17) is 0 Å². The fourth-order valence-corrected chi connectivity index (χ4v) is 4.17. The van der Waals surface area contributed by atoms with E-state index in [1.807, 2.05) is 5.32 Å². The summed E-state index contributed by atoms with van der Waals surface area (Å²) in [6, 6.07) is 7.83. The van der Waals surface area contributed by atoms with E-state index in [1.165, 1.54) is 10.9 Å². The van der Waals surface area contributed by atoms with Gasteiger partial charge in [-0.2, -0.15) is 9.78 Å². The summed E-state index contributed by atoms with van der Waals surface area (Å²) in [7, 11) is 0. The summed E-state index contributed by atoms with van der Waals surface area (Å²) in [5.41, 5.74) is -0.0737. The topological polar surface area (TPSA) is 68.9 Å². The third-order valence-electron chi connectivity index (χ3n) is 5.81. The minimum absolute atomic E-state index is 0.0648. The number of aromatic nitrogens is 3. The lowest BCUT2D eigenvalue weighted by molar-refractivity contribution is -0.119. The summed E-state index contributed by atoms with van der Waals surface area (Å²) in [5.74, 6) is -7.57. The molecule has 176 valence electrons. The van der Waals surface area contributed by atoms with Crippen LogP contribution in [0.25, 0.3) is 16.5 Å². The van der Waals surface area contributed by atoms with Crippen molar-refractivity contribution in [3.05, 3.63) is 87.6 Å². The average Bonchev–Trinajstić information content (AvgIpc) is 3.07. The van der Waals surface area contributed by atoms with E-state index in [9.17, 15) is 27.2 Å². The van der Waals surface area contributed by atoms with Crippen LogP contribution in [0.4, 0.5) is 23.2 Å². The van der Waals surface area contributed by atoms with Gasteiger partial charge in [0.1, 0.15) is 11.7 Å². The van der Waals surface area contributed by atoms with Gasteiger partial charge in [-0.15, -0.1) is 0 Å². The van der Waals surface area contributed by atoms with Gasteiger partial charge in [-0.05, 0) is 32.4 Å². The van der Waals surface area contributed by atoms with E-state index in [-0.39, 0.29) is 12.5 Å². The van der Waals surface area contributed by atoms with Gasteiger partial charge in [-0.25, -0.2) is 17.6 Å². The van der Waals surface area contributed by atoms with Crippen molar-refractivity contribution >= 4 is 22.4 Å². The van der Waals surface area contributed by atoms with Gasteiger partial charge in [0, 0.05) is 22.8 Å². The molecule has 0 fully saturated rings. The molecule has 1 amide bonds. The zero-order valence-electron chi connectivity index (χ0n) is 18.5. The van der Waals surface area contributed by atoms with Crippen LogP contribution < -0.4 is 10.9 Å². The number of halogens is 4. The zero-order chi connectivity index (χ0) is 24.7. The van der Waals surface area contributed by atoms with Crippen molar-refractivity contribution in [2.45, 2.75) is 33.2 Å². The molecule has 0 bridgehead atoms. The zero-order valence-corrected chi connectivity index (χ0v) is 18.5. The molecule has 0 saturated carbocycles. The van der Waals surface area contributed by atoms with E-state index in [0.29, 0.717) is 27.8 Å². The molecule has 0 saturated heterocycles. The first-order valence-electron chi connectivity index (χ1n) is 10.5. The molecule has 0 aliphatic heterocycles. The highest BCUT2D eigenvalue weighted by Crippen LogP contribution is 2.30. The third kappa shape index (κ3) is 3.64. The van der Waals surface area contributed by atoms with Gasteiger partial charge in [-0.1, -0.05) is 25.1 Å². The average molecular weight is 472 g/mol. The third-order valence-corrected chi connectivity index (χ3v) is 5.81. The SMILES string of the molecule is CC[C@H](C(=O)Nc1c(F)c(F)cc(F)c1F)n1c(C)c2cnn(-c3ccccc3)c(=O)c2c1C. The normalized spacial score (nSPS) is 12.2. The van der Waals surface area contributed by atoms with Gasteiger partial charge in [0.05, 0.1) is 17.3 Å². The van der Waals surface area contributed by atoms with Crippen molar-refractivity contribution in [3.63, 3.8) is 0 Å². The first-order valence-corrected chi connectivity index (χ1v) is 10.5. The largest absolute Gasteiger partial charge is 0.335 e. The molecule has 10 heteroatoms. The van der Waals surface area contributed by atoms with Gasteiger partial charge in [0.15, 0.2) is 23.3 Å². The Hall–Kier alpha value is -3.95. The van der Waals surface area contributed by atoms with Crippen LogP contribution in [0.3, 0.4) is 0 Å². The van der Waals surface area contributed by atoms with Gasteiger partial charge in [-0.3, -0.25) is 9.59 Å². The van der Waals surface area contributed by atoms with Crippen LogP contribution in [0.2, 0.25) is 0 Å². The lowest BCUT2D eigenvalue weighted by atomic mass is 10.1. The fourth-order valence-electron chi connectivity index (χ4n) is 4.17. The molecule has 0 unspecified atom stereocenters. The van der Waals surface area contributed by atoms with Crippen molar-refractivity contribution in [2.75, 3.05) is 5.32 Å². The Kier molecular flexibility index (Phi) is 5.99. The first-order chi connectivity index (χ1) is 16.2. The van der Waals surface area contributed by atoms with Crippen LogP contribution in [-0.2, 0) is 4.79 Å². The van der Waals surface area contributed by atoms with Crippen LogP contribution in [-0.4, -0.2) is 20.3 Å². The first kappa shape index (κ1) is 23.2. The maximum Gasteiger partial charge on any atom is 0.281 e. The molecule has 0 aliphatic rings. The Labute approximate surface area is 191 Å². The Morgan fingerprint density at radius 3 is 2.24 bits per heavy atom. The van der Waals surface area contributed by atoms with Crippen LogP contribution in [0.1, 0.15) is 30.8 Å². The molecule has 4 aromatic rings. The second kappa shape index (κ2) is 8.77. The molecule has 4 rings (SSSR count). The number of para-hydroxylation sites is 1. The van der Waals surface area contributed by atoms with E-state index in [2.05, 4.69) is 5.10 Å². The lowest BCUT2D eigenvalue weighted by Crippen LogP contribution is -2.28. The highest BCUT2D eigenvalue weighted by molar-refractivity contribution is 5.95. The van der Waals surface area contributed by atoms with Crippen molar-refractivity contribution < 1.29 is 22.4 Å². The van der Waals surface area contributed by atoms with E-state index >= 15 is 0 Å². The molecule has 0 spiro atoms. The molecule has 2 heterocycles. The number of fused-ring (bicyclic) bond motifs is 1. The number of nitrogens with zero attached hydrogens (tertiary/aromatic N) is 3. The predicted molar refractivity (Wildman–Crippen MR) is 119 cm³/mol. The molecule has 1 atom stereocenters. The van der Waals surface area contributed by atoms with Crippen LogP contribution in [0.5, 0.6) is 0 Å². The number of carbonyl (C=O) groups excluding carboxylic acids is 1. The van der Waals surface area contributed by atoms with Crippen LogP contribution >= 0.6 is 0 Å². The number of nitrogens with one attached hydrogen (secondary N) is 1. The molecule has 0 radical (unpaired) electrons. The summed E-state index contributed by atoms with van der Waals surface area (Å²) in [5, 5.41) is 7.05. The number of anilines is 1. The molecular weight excluding hydrogens is 452 g/mol. The minimum Gasteiger partial charge on any atom is -0.335 e. The number of benzene rings is 2. The molecule has 34 heavy (non-hydrogen) atoms. The quantitative estimate of drug-likeness (QED) is 0.330. The van der Waals surface area contributed by atoms with Gasteiger partial charge in [0.2, 0.25) is 5.91 Å². The van der Waals surface area contributed by atoms with Crippen molar-refractivity contribution in [1.29, 1.82) is 0 Å². The Morgan fingerprint density at radius 1 is 1.03 bits per heavy atom. The van der Waals surface area contributed by atoms with Crippen molar-refractivity contribution in [3.8, 4) is 5.69 Å². The number of hydrogen-bond donors (Lipinski definition) is 1. The second-order valence-corrected chi connectivity index (χ2v) is 7.78. The Morgan fingerprint density at radius 2 is 1.65 bits per heavy atom. The Balaban J connectivity index is 1.82. The van der Waals surface area contributed by atoms with E-state index in [0.717, 1.165) is 0 Å². The van der Waals surface area contributed by atoms with Crippen molar-refractivity contribution in [2.24, 2.45) is 0 Å². The van der Waals surface area contributed by atoms with Crippen LogP contribution in [0.15, 0.2) is 47.4 Å². The van der Waals surface area contributed by atoms with Gasteiger partial charge >= 0.3 is 0 Å². The predicted octanol–water partition coefficient (Wildman–Crippen LogP) is 4.95. The van der Waals surface area contributed by atoms with Gasteiger partial charge in [0.25, 0.3) is 5.56 Å². The maximum atomic E-state index is 14.1. The highest BCUT2D eigenvalue weighted by atomic mass is 19.2. The number of carbonyl (C=O) groups is 1. The second-order valence-electron chi connectivity index (χ2n) is 7.78. The summed E-state index contributed by atoms with van der Waals surface area (Å²) in [6.07, 6.45) is 1.67. The molecule has 1 N–H and O–H groups in total. The number of hydrogen-bond acceptors (Lipinski definition) is 3. The summed E-state index contributed by atoms with van der Waals surface area (Å²) in [6.45, 7) is 4.99. The molecular formula is C24H20F4N4O2. The van der Waals surface area contributed by atoms with Gasteiger partial charge < -0.3 is 9.88 Å². The highest BCUT2D eigenvalue weighted by Gasteiger charge is 2.28. The lowest BCUT2D eigenvalue weighted by Gasteiger charge is -2.21. The van der Waals surface area contributed by atoms with Crippen molar-refractivity contribution in [1.82, 2.24) is 14.3 Å². The maximum absolute atomic E-state index is 14.1. The summed E-state index contributed by atoms with van der Waals surface area (Å²) < 4.78 is 58.2. The number of amides is 1. The molecule has 0 aliphatic carbocycles. The van der Waals surface area contributed by atoms with E-state index in [1.54, 1.807) is 55.7 Å². The standard InChI is InChI=1S/C24H20F4N4O2/c1-4-18(23(33)30-22-20(27)16(25)10-17(26)21(22)28)31-12(2)15-11-29-32(14-8-6-5-7-9-14)24(34)19(15)13(31)3/h5-11,18H,4H2,1-3H3,(H,30,33)/t18-/m1/s1. The monoisotopic (exact) mass is 472 g/mol. The fraction of sp³-hybridized carbons (Fsp3) is 0.208. The minimum atomic E-state index is -1.71. The Bertz CT molecular complexity index is 1450.